The van der Waals surface area contributed by atoms with Crippen LogP contribution in [0.25, 0.3) is 22.7 Å². The van der Waals surface area contributed by atoms with Gasteiger partial charge in [-0.3, -0.25) is 0 Å². The average Bonchev–Trinajstić information content (AvgIpc) is 3.03. The number of rotatable bonds is 5. The number of hydrogen-bond donors (Lipinski definition) is 0. The lowest BCUT2D eigenvalue weighted by Gasteiger charge is -2.23. The SMILES string of the molecule is C=CC1=C(C=C)C(C)(C)C(C)=C1/C=C(\C)n1c(C)c(C=C)c2ccccc21. The van der Waals surface area contributed by atoms with Crippen molar-refractivity contribution in [3.8, 4) is 0 Å². The lowest BCUT2D eigenvalue weighted by atomic mass is 9.81. The van der Waals surface area contributed by atoms with E-state index in [1.165, 1.54) is 50.1 Å². The summed E-state index contributed by atoms with van der Waals surface area (Å²) < 4.78 is 2.33. The van der Waals surface area contributed by atoms with Crippen LogP contribution in [0.1, 0.15) is 39.0 Å². The second kappa shape index (κ2) is 6.74. The van der Waals surface area contributed by atoms with Gasteiger partial charge < -0.3 is 4.57 Å². The summed E-state index contributed by atoms with van der Waals surface area (Å²) in [5, 5.41) is 1.24. The highest BCUT2D eigenvalue weighted by atomic mass is 15.0. The first-order chi connectivity index (χ1) is 12.8. The summed E-state index contributed by atoms with van der Waals surface area (Å²) in [5.74, 6) is 0. The summed E-state index contributed by atoms with van der Waals surface area (Å²) in [4.78, 5) is 0. The molecule has 1 aromatic carbocycles. The van der Waals surface area contributed by atoms with Gasteiger partial charge in [-0.25, -0.2) is 0 Å². The molecular weight excluding hydrogens is 326 g/mol. The Morgan fingerprint density at radius 3 is 2.22 bits per heavy atom. The van der Waals surface area contributed by atoms with Gasteiger partial charge in [-0.1, -0.05) is 75.6 Å². The lowest BCUT2D eigenvalue weighted by molar-refractivity contribution is 0.562. The van der Waals surface area contributed by atoms with E-state index >= 15 is 0 Å². The first kappa shape index (κ1) is 19.0. The molecule has 0 saturated carbocycles. The molecule has 1 aromatic heterocycles. The second-order valence-electron chi connectivity index (χ2n) is 7.74. The molecule has 0 N–H and O–H groups in total. The summed E-state index contributed by atoms with van der Waals surface area (Å²) in [5.41, 5.74) is 9.81. The van der Waals surface area contributed by atoms with Gasteiger partial charge in [0.25, 0.3) is 0 Å². The molecule has 27 heavy (non-hydrogen) atoms. The van der Waals surface area contributed by atoms with Gasteiger partial charge in [0.15, 0.2) is 0 Å². The van der Waals surface area contributed by atoms with Crippen LogP contribution in [0.15, 0.2) is 84.5 Å². The summed E-state index contributed by atoms with van der Waals surface area (Å²) in [6.07, 6.45) is 8.18. The summed E-state index contributed by atoms with van der Waals surface area (Å²) in [7, 11) is 0. The second-order valence-corrected chi connectivity index (χ2v) is 7.74. The van der Waals surface area contributed by atoms with Crippen LogP contribution in [0, 0.1) is 12.3 Å². The van der Waals surface area contributed by atoms with E-state index in [9.17, 15) is 0 Å². The number of para-hydroxylation sites is 1. The Morgan fingerprint density at radius 2 is 1.63 bits per heavy atom. The van der Waals surface area contributed by atoms with Crippen molar-refractivity contribution in [3.05, 3.63) is 95.8 Å². The van der Waals surface area contributed by atoms with E-state index < -0.39 is 0 Å². The molecule has 0 atom stereocenters. The predicted molar refractivity (Wildman–Crippen MR) is 121 cm³/mol. The highest BCUT2D eigenvalue weighted by Gasteiger charge is 2.34. The molecule has 2 aromatic rings. The molecule has 1 heterocycles. The largest absolute Gasteiger partial charge is 0.317 e. The minimum atomic E-state index is -0.0303. The van der Waals surface area contributed by atoms with Crippen molar-refractivity contribution in [2.24, 2.45) is 5.41 Å². The van der Waals surface area contributed by atoms with Crippen molar-refractivity contribution in [3.63, 3.8) is 0 Å². The molecule has 0 amide bonds. The Labute approximate surface area is 163 Å². The molecule has 0 radical (unpaired) electrons. The molecule has 0 fully saturated rings. The van der Waals surface area contributed by atoms with E-state index in [1.54, 1.807) is 0 Å². The standard InChI is InChI=1S/C26H29N/c1-9-20-19(6)27(25-15-13-12-14-22(20)25)17(4)16-23-18(5)26(7,8)24(11-3)21(23)10-2/h9-16H,1-3H2,4-8H3/b17-16+. The minimum absolute atomic E-state index is 0.0303. The molecule has 0 unspecified atom stereocenters. The summed E-state index contributed by atoms with van der Waals surface area (Å²) in [6, 6.07) is 8.51. The minimum Gasteiger partial charge on any atom is -0.317 e. The zero-order chi connectivity index (χ0) is 19.9. The van der Waals surface area contributed by atoms with Crippen molar-refractivity contribution in [1.82, 2.24) is 4.57 Å². The van der Waals surface area contributed by atoms with Crippen molar-refractivity contribution >= 4 is 22.7 Å². The Balaban J connectivity index is 2.27. The lowest BCUT2D eigenvalue weighted by Crippen LogP contribution is -2.12. The van der Waals surface area contributed by atoms with E-state index in [-0.39, 0.29) is 5.41 Å². The number of aromatic nitrogens is 1. The van der Waals surface area contributed by atoms with Crippen LogP contribution in [0.3, 0.4) is 0 Å². The first-order valence-corrected chi connectivity index (χ1v) is 9.42. The first-order valence-electron chi connectivity index (χ1n) is 9.42. The topological polar surface area (TPSA) is 4.93 Å². The van der Waals surface area contributed by atoms with Gasteiger partial charge in [-0.05, 0) is 49.6 Å². The van der Waals surface area contributed by atoms with E-state index in [0.717, 1.165) is 0 Å². The number of nitrogens with zero attached hydrogens (tertiary/aromatic N) is 1. The number of fused-ring (bicyclic) bond motifs is 1. The van der Waals surface area contributed by atoms with Gasteiger partial charge in [-0.2, -0.15) is 0 Å². The van der Waals surface area contributed by atoms with Gasteiger partial charge in [0.1, 0.15) is 0 Å². The number of allylic oxidation sites excluding steroid dienone is 8. The fourth-order valence-corrected chi connectivity index (χ4v) is 4.37. The van der Waals surface area contributed by atoms with Crippen molar-refractivity contribution in [1.29, 1.82) is 0 Å². The number of hydrogen-bond acceptors (Lipinski definition) is 0. The smallest absolute Gasteiger partial charge is 0.0534 e. The predicted octanol–water partition coefficient (Wildman–Crippen LogP) is 7.48. The fraction of sp³-hybridized carbons (Fsp3) is 0.231. The molecule has 1 aliphatic carbocycles. The van der Waals surface area contributed by atoms with Crippen molar-refractivity contribution in [2.45, 2.75) is 34.6 Å². The van der Waals surface area contributed by atoms with Gasteiger partial charge in [0.2, 0.25) is 0 Å². The molecule has 1 heteroatoms. The third-order valence-corrected chi connectivity index (χ3v) is 6.07. The maximum Gasteiger partial charge on any atom is 0.0534 e. The molecule has 1 nitrogen and oxygen atoms in total. The molecular formula is C26H29N. The highest BCUT2D eigenvalue weighted by Crippen LogP contribution is 2.48. The highest BCUT2D eigenvalue weighted by molar-refractivity contribution is 5.93. The van der Waals surface area contributed by atoms with Crippen LogP contribution in [-0.2, 0) is 0 Å². The fourth-order valence-electron chi connectivity index (χ4n) is 4.37. The Hall–Kier alpha value is -2.80. The molecule has 0 saturated heterocycles. The van der Waals surface area contributed by atoms with E-state index in [2.05, 4.69) is 89.3 Å². The third-order valence-electron chi connectivity index (χ3n) is 6.07. The van der Waals surface area contributed by atoms with Crippen LogP contribution in [0.4, 0.5) is 0 Å². The van der Waals surface area contributed by atoms with Crippen LogP contribution in [-0.4, -0.2) is 4.57 Å². The van der Waals surface area contributed by atoms with Crippen molar-refractivity contribution in [2.75, 3.05) is 0 Å². The molecule has 1 aliphatic rings. The zero-order valence-corrected chi connectivity index (χ0v) is 17.2. The third kappa shape index (κ3) is 2.70. The Bertz CT molecular complexity index is 1060. The van der Waals surface area contributed by atoms with Crippen LogP contribution >= 0.6 is 0 Å². The zero-order valence-electron chi connectivity index (χ0n) is 17.2. The molecule has 0 bridgehead atoms. The average molecular weight is 356 g/mol. The Morgan fingerprint density at radius 1 is 0.963 bits per heavy atom. The van der Waals surface area contributed by atoms with Gasteiger partial charge in [0, 0.05) is 27.8 Å². The van der Waals surface area contributed by atoms with Gasteiger partial charge in [-0.15, -0.1) is 0 Å². The molecule has 138 valence electrons. The molecule has 3 rings (SSSR count). The molecule has 0 aliphatic heterocycles. The van der Waals surface area contributed by atoms with Crippen LogP contribution in [0.2, 0.25) is 0 Å². The van der Waals surface area contributed by atoms with Gasteiger partial charge in [0.05, 0.1) is 5.52 Å². The molecule has 0 spiro atoms. The Kier molecular flexibility index (Phi) is 4.73. The van der Waals surface area contributed by atoms with Gasteiger partial charge >= 0.3 is 0 Å². The van der Waals surface area contributed by atoms with E-state index in [1.807, 2.05) is 18.2 Å². The van der Waals surface area contributed by atoms with Crippen LogP contribution in [0.5, 0.6) is 0 Å². The maximum atomic E-state index is 4.07. The maximum absolute atomic E-state index is 4.07. The van der Waals surface area contributed by atoms with Crippen LogP contribution < -0.4 is 0 Å². The normalized spacial score (nSPS) is 17.0. The summed E-state index contributed by atoms with van der Waals surface area (Å²) in [6.45, 7) is 23.2. The monoisotopic (exact) mass is 355 g/mol. The van der Waals surface area contributed by atoms with E-state index in [4.69, 9.17) is 0 Å². The summed E-state index contributed by atoms with van der Waals surface area (Å²) >= 11 is 0. The van der Waals surface area contributed by atoms with Crippen molar-refractivity contribution < 1.29 is 0 Å². The quantitative estimate of drug-likeness (QED) is 0.524. The number of benzene rings is 1. The van der Waals surface area contributed by atoms with E-state index in [0.29, 0.717) is 0 Å².